The van der Waals surface area contributed by atoms with Gasteiger partial charge < -0.3 is 5.73 Å². The molecule has 0 unspecified atom stereocenters. The van der Waals surface area contributed by atoms with Crippen molar-refractivity contribution in [3.8, 4) is 0 Å². The number of rotatable bonds is 6. The van der Waals surface area contributed by atoms with Crippen LogP contribution >= 0.6 is 0 Å². The summed E-state index contributed by atoms with van der Waals surface area (Å²) in [6.07, 6.45) is 8.96. The molecule has 0 spiro atoms. The summed E-state index contributed by atoms with van der Waals surface area (Å²) < 4.78 is 0. The Morgan fingerprint density at radius 1 is 1.20 bits per heavy atom. The molecule has 82 valence electrons. The molecule has 0 saturated heterocycles. The van der Waals surface area contributed by atoms with Crippen LogP contribution < -0.4 is 5.73 Å². The van der Waals surface area contributed by atoms with Crippen LogP contribution in [0, 0.1) is 0 Å². The van der Waals surface area contributed by atoms with Crippen molar-refractivity contribution in [1.82, 2.24) is 0 Å². The number of aryl methyl sites for hydroxylation is 1. The second-order valence-corrected chi connectivity index (χ2v) is 3.82. The van der Waals surface area contributed by atoms with Gasteiger partial charge in [-0.2, -0.15) is 0 Å². The summed E-state index contributed by atoms with van der Waals surface area (Å²) in [7, 11) is 0. The van der Waals surface area contributed by atoms with Gasteiger partial charge in [-0.15, -0.1) is 0 Å². The molecule has 0 aliphatic heterocycles. The molecule has 0 aliphatic carbocycles. The maximum Gasteiger partial charge on any atom is -0.00425 e. The van der Waals surface area contributed by atoms with Crippen LogP contribution in [0.3, 0.4) is 0 Å². The minimum atomic E-state index is 0.727. The Labute approximate surface area is 93.0 Å². The zero-order chi connectivity index (χ0) is 10.9. The Morgan fingerprint density at radius 2 is 1.93 bits per heavy atom. The Bertz CT molecular complexity index is 285. The van der Waals surface area contributed by atoms with Crippen molar-refractivity contribution in [2.45, 2.75) is 32.6 Å². The first-order valence-electron chi connectivity index (χ1n) is 5.82. The highest BCUT2D eigenvalue weighted by Crippen LogP contribution is 2.09. The molecule has 1 heteroatoms. The lowest BCUT2D eigenvalue weighted by Gasteiger charge is -2.00. The fourth-order valence-corrected chi connectivity index (χ4v) is 1.49. The smallest absolute Gasteiger partial charge is 0.00425 e. The van der Waals surface area contributed by atoms with Crippen molar-refractivity contribution in [3.05, 3.63) is 41.5 Å². The minimum Gasteiger partial charge on any atom is -0.330 e. The fraction of sp³-hybridized carbons (Fsp3) is 0.429. The average Bonchev–Trinajstić information content (AvgIpc) is 2.28. The van der Waals surface area contributed by atoms with Crippen LogP contribution in [0.15, 0.2) is 30.3 Å². The first-order valence-corrected chi connectivity index (χ1v) is 5.82. The molecule has 0 saturated carbocycles. The predicted octanol–water partition coefficient (Wildman–Crippen LogP) is 3.39. The molecule has 1 nitrogen and oxygen atoms in total. The van der Waals surface area contributed by atoms with E-state index < -0.39 is 0 Å². The highest BCUT2D eigenvalue weighted by molar-refractivity contribution is 5.49. The molecule has 15 heavy (non-hydrogen) atoms. The van der Waals surface area contributed by atoms with Crippen molar-refractivity contribution in [2.75, 3.05) is 6.54 Å². The van der Waals surface area contributed by atoms with Gasteiger partial charge in [0.15, 0.2) is 0 Å². The molecule has 0 radical (unpaired) electrons. The van der Waals surface area contributed by atoms with Crippen LogP contribution in [-0.4, -0.2) is 6.54 Å². The molecule has 1 aromatic carbocycles. The van der Waals surface area contributed by atoms with Gasteiger partial charge in [-0.3, -0.25) is 0 Å². The SMILES string of the molecule is CCCCc1ccc(/C=C/CCN)cc1. The van der Waals surface area contributed by atoms with Crippen molar-refractivity contribution in [3.63, 3.8) is 0 Å². The van der Waals surface area contributed by atoms with E-state index in [1.165, 1.54) is 30.4 Å². The highest BCUT2D eigenvalue weighted by atomic mass is 14.5. The third-order valence-corrected chi connectivity index (χ3v) is 2.44. The van der Waals surface area contributed by atoms with Crippen LogP contribution in [0.4, 0.5) is 0 Å². The number of hydrogen-bond acceptors (Lipinski definition) is 1. The van der Waals surface area contributed by atoms with Crippen LogP contribution in [-0.2, 0) is 6.42 Å². The second-order valence-electron chi connectivity index (χ2n) is 3.82. The summed E-state index contributed by atoms with van der Waals surface area (Å²) in [6.45, 7) is 2.95. The molecular weight excluding hydrogens is 182 g/mol. The highest BCUT2D eigenvalue weighted by Gasteiger charge is 1.91. The summed E-state index contributed by atoms with van der Waals surface area (Å²) in [5, 5.41) is 0. The minimum absolute atomic E-state index is 0.727. The van der Waals surface area contributed by atoms with E-state index in [9.17, 15) is 0 Å². The van der Waals surface area contributed by atoms with Gasteiger partial charge in [0.2, 0.25) is 0 Å². The number of unbranched alkanes of at least 4 members (excludes halogenated alkanes) is 1. The van der Waals surface area contributed by atoms with E-state index in [4.69, 9.17) is 5.73 Å². The Balaban J connectivity index is 2.48. The van der Waals surface area contributed by atoms with Crippen LogP contribution in [0.25, 0.3) is 6.08 Å². The molecule has 2 N–H and O–H groups in total. The van der Waals surface area contributed by atoms with Gasteiger partial charge in [0.1, 0.15) is 0 Å². The van der Waals surface area contributed by atoms with Gasteiger partial charge in [-0.05, 0) is 36.9 Å². The molecule has 0 bridgehead atoms. The largest absolute Gasteiger partial charge is 0.330 e. The van der Waals surface area contributed by atoms with Crippen molar-refractivity contribution in [1.29, 1.82) is 0 Å². The molecule has 0 aliphatic rings. The first-order chi connectivity index (χ1) is 7.36. The zero-order valence-electron chi connectivity index (χ0n) is 9.58. The number of benzene rings is 1. The van der Waals surface area contributed by atoms with Gasteiger partial charge in [-0.1, -0.05) is 49.8 Å². The monoisotopic (exact) mass is 203 g/mol. The van der Waals surface area contributed by atoms with E-state index in [0.717, 1.165) is 13.0 Å². The Hall–Kier alpha value is -1.08. The van der Waals surface area contributed by atoms with Crippen LogP contribution in [0.1, 0.15) is 37.3 Å². The summed E-state index contributed by atoms with van der Waals surface area (Å²) >= 11 is 0. The van der Waals surface area contributed by atoms with Gasteiger partial charge in [-0.25, -0.2) is 0 Å². The molecule has 0 amide bonds. The zero-order valence-corrected chi connectivity index (χ0v) is 9.58. The molecule has 0 atom stereocenters. The normalized spacial score (nSPS) is 11.1. The topological polar surface area (TPSA) is 26.0 Å². The van der Waals surface area contributed by atoms with Gasteiger partial charge in [0.25, 0.3) is 0 Å². The second kappa shape index (κ2) is 7.24. The van der Waals surface area contributed by atoms with Gasteiger partial charge in [0.05, 0.1) is 0 Å². The van der Waals surface area contributed by atoms with Gasteiger partial charge >= 0.3 is 0 Å². The molecule has 0 aromatic heterocycles. The number of hydrogen-bond donors (Lipinski definition) is 1. The van der Waals surface area contributed by atoms with Gasteiger partial charge in [0, 0.05) is 0 Å². The van der Waals surface area contributed by atoms with Crippen LogP contribution in [0.5, 0.6) is 0 Å². The Kier molecular flexibility index (Phi) is 5.79. The molecule has 0 heterocycles. The summed E-state index contributed by atoms with van der Waals surface area (Å²) in [6, 6.07) is 8.80. The maximum atomic E-state index is 5.42. The summed E-state index contributed by atoms with van der Waals surface area (Å²) in [5.74, 6) is 0. The lowest BCUT2D eigenvalue weighted by molar-refractivity contribution is 0.795. The lowest BCUT2D eigenvalue weighted by atomic mass is 10.1. The maximum absolute atomic E-state index is 5.42. The van der Waals surface area contributed by atoms with E-state index >= 15 is 0 Å². The number of nitrogens with two attached hydrogens (primary N) is 1. The average molecular weight is 203 g/mol. The van der Waals surface area contributed by atoms with E-state index in [1.54, 1.807) is 0 Å². The molecule has 1 aromatic rings. The Morgan fingerprint density at radius 3 is 2.53 bits per heavy atom. The summed E-state index contributed by atoms with van der Waals surface area (Å²) in [4.78, 5) is 0. The van der Waals surface area contributed by atoms with E-state index in [-0.39, 0.29) is 0 Å². The third-order valence-electron chi connectivity index (χ3n) is 2.44. The quantitative estimate of drug-likeness (QED) is 0.753. The first kappa shape index (κ1) is 12.0. The van der Waals surface area contributed by atoms with E-state index in [1.807, 2.05) is 0 Å². The fourth-order valence-electron chi connectivity index (χ4n) is 1.49. The third kappa shape index (κ3) is 4.80. The van der Waals surface area contributed by atoms with E-state index in [0.29, 0.717) is 0 Å². The molecule has 1 rings (SSSR count). The summed E-state index contributed by atoms with van der Waals surface area (Å²) in [5.41, 5.74) is 8.13. The molecule has 0 fully saturated rings. The molecular formula is C14H21N. The standard InChI is InChI=1S/C14H21N/c1-2-3-6-13-8-10-14(11-9-13)7-4-5-12-15/h4,7-11H,2-3,5-6,12,15H2,1H3/b7-4+. The van der Waals surface area contributed by atoms with Crippen LogP contribution in [0.2, 0.25) is 0 Å². The predicted molar refractivity (Wildman–Crippen MR) is 67.8 cm³/mol. The lowest BCUT2D eigenvalue weighted by Crippen LogP contribution is -1.94. The van der Waals surface area contributed by atoms with Crippen molar-refractivity contribution >= 4 is 6.08 Å². The van der Waals surface area contributed by atoms with E-state index in [2.05, 4.69) is 43.3 Å². The van der Waals surface area contributed by atoms with Crippen molar-refractivity contribution in [2.24, 2.45) is 5.73 Å². The van der Waals surface area contributed by atoms with Crippen molar-refractivity contribution < 1.29 is 0 Å².